The summed E-state index contributed by atoms with van der Waals surface area (Å²) < 4.78 is 26.7. The Morgan fingerprint density at radius 1 is 1.14 bits per heavy atom. The van der Waals surface area contributed by atoms with Crippen molar-refractivity contribution in [3.05, 3.63) is 40.1 Å². The number of hydrogen-bond donors (Lipinski definition) is 3. The van der Waals surface area contributed by atoms with Gasteiger partial charge in [0.2, 0.25) is 5.95 Å². The van der Waals surface area contributed by atoms with Crippen molar-refractivity contribution >= 4 is 44.9 Å². The van der Waals surface area contributed by atoms with Crippen molar-refractivity contribution < 1.29 is 8.42 Å². The van der Waals surface area contributed by atoms with Crippen molar-refractivity contribution in [2.24, 2.45) is 5.84 Å². The second kappa shape index (κ2) is 6.02. The first kappa shape index (κ1) is 15.8. The first-order chi connectivity index (χ1) is 9.83. The lowest BCUT2D eigenvalue weighted by atomic mass is 10.2. The van der Waals surface area contributed by atoms with Crippen LogP contribution in [0.5, 0.6) is 0 Å². The number of aromatic nitrogens is 2. The molecule has 0 spiro atoms. The molecule has 0 aliphatic rings. The van der Waals surface area contributed by atoms with E-state index in [1.165, 1.54) is 6.07 Å². The molecule has 0 aliphatic carbocycles. The minimum absolute atomic E-state index is 0.102. The quantitative estimate of drug-likeness (QED) is 0.577. The first-order valence-corrected chi connectivity index (χ1v) is 7.84. The van der Waals surface area contributed by atoms with Crippen molar-refractivity contribution in [2.45, 2.75) is 11.8 Å². The van der Waals surface area contributed by atoms with Crippen molar-refractivity contribution in [3.63, 3.8) is 0 Å². The highest BCUT2D eigenvalue weighted by Crippen LogP contribution is 2.30. The van der Waals surface area contributed by atoms with E-state index in [2.05, 4.69) is 20.1 Å². The zero-order valence-corrected chi connectivity index (χ0v) is 13.1. The van der Waals surface area contributed by atoms with E-state index in [0.717, 1.165) is 18.0 Å². The second-order valence-electron chi connectivity index (χ2n) is 4.07. The lowest BCUT2D eigenvalue weighted by Gasteiger charge is -2.11. The van der Waals surface area contributed by atoms with Gasteiger partial charge in [-0.15, -0.1) is 0 Å². The molecule has 0 unspecified atom stereocenters. The number of nitrogen functional groups attached to an aromatic ring is 1. The first-order valence-electron chi connectivity index (χ1n) is 5.60. The predicted octanol–water partition coefficient (Wildman–Crippen LogP) is 2.18. The van der Waals surface area contributed by atoms with Crippen LogP contribution in [0, 0.1) is 6.92 Å². The Balaban J connectivity index is 2.34. The van der Waals surface area contributed by atoms with Gasteiger partial charge in [0.15, 0.2) is 0 Å². The number of hydrazine groups is 1. The Hall–Kier alpha value is -1.61. The van der Waals surface area contributed by atoms with Crippen molar-refractivity contribution in [3.8, 4) is 0 Å². The van der Waals surface area contributed by atoms with Crippen LogP contribution in [0.4, 0.5) is 11.6 Å². The van der Waals surface area contributed by atoms with E-state index in [4.69, 9.17) is 29.0 Å². The Bertz CT molecular complexity index is 765. The number of nitrogens with two attached hydrogens (primary N) is 1. The predicted molar refractivity (Wildman–Crippen MR) is 81.8 cm³/mol. The summed E-state index contributed by atoms with van der Waals surface area (Å²) in [6.45, 7) is 1.76. The molecule has 4 N–H and O–H groups in total. The fraction of sp³-hybridized carbons (Fsp3) is 0.0909. The molecular weight excluding hydrogens is 337 g/mol. The molecule has 1 aromatic carbocycles. The average molecular weight is 348 g/mol. The van der Waals surface area contributed by atoms with E-state index in [9.17, 15) is 8.42 Å². The van der Waals surface area contributed by atoms with Gasteiger partial charge in [-0.2, -0.15) is 0 Å². The summed E-state index contributed by atoms with van der Waals surface area (Å²) in [6, 6.07) is 3.01. The van der Waals surface area contributed by atoms with Crippen molar-refractivity contribution in [2.75, 3.05) is 10.1 Å². The number of halogens is 2. The van der Waals surface area contributed by atoms with Gasteiger partial charge in [0.1, 0.15) is 4.90 Å². The van der Waals surface area contributed by atoms with E-state index in [1.807, 2.05) is 0 Å². The third-order valence-electron chi connectivity index (χ3n) is 2.56. The van der Waals surface area contributed by atoms with Gasteiger partial charge in [-0.1, -0.05) is 23.2 Å². The van der Waals surface area contributed by atoms with E-state index in [1.54, 1.807) is 13.0 Å². The van der Waals surface area contributed by atoms with Gasteiger partial charge in [0.05, 0.1) is 23.1 Å². The zero-order valence-electron chi connectivity index (χ0n) is 10.8. The number of nitrogens with one attached hydrogen (secondary N) is 2. The average Bonchev–Trinajstić information content (AvgIpc) is 2.44. The lowest BCUT2D eigenvalue weighted by molar-refractivity contribution is 0.600. The molecule has 0 saturated heterocycles. The number of nitrogens with zero attached hydrogens (tertiary/aromatic N) is 2. The number of aryl methyl sites for hydroxylation is 1. The van der Waals surface area contributed by atoms with Crippen LogP contribution >= 0.6 is 23.2 Å². The van der Waals surface area contributed by atoms with Gasteiger partial charge in [0, 0.05) is 5.02 Å². The highest BCUT2D eigenvalue weighted by molar-refractivity contribution is 7.92. The molecule has 112 valence electrons. The molecule has 0 radical (unpaired) electrons. The van der Waals surface area contributed by atoms with Crippen molar-refractivity contribution in [1.29, 1.82) is 0 Å². The Labute approximate surface area is 131 Å². The van der Waals surface area contributed by atoms with Crippen LogP contribution in [0.25, 0.3) is 0 Å². The Morgan fingerprint density at radius 2 is 1.76 bits per heavy atom. The van der Waals surface area contributed by atoms with Crippen LogP contribution < -0.4 is 16.0 Å². The standard InChI is InChI=1S/C11H11Cl2N5O2S/c1-6-2-9(13)10(3-8(6)12)18-21(19,20)7-4-15-11(17-14)16-5-7/h2-5,18H,14H2,1H3,(H,15,16,17). The van der Waals surface area contributed by atoms with Crippen LogP contribution in [0.15, 0.2) is 29.4 Å². The topological polar surface area (TPSA) is 110 Å². The van der Waals surface area contributed by atoms with Gasteiger partial charge >= 0.3 is 0 Å². The van der Waals surface area contributed by atoms with E-state index in [-0.39, 0.29) is 21.6 Å². The number of rotatable bonds is 4. The van der Waals surface area contributed by atoms with Crippen LogP contribution in [0.3, 0.4) is 0 Å². The SMILES string of the molecule is Cc1cc(Cl)c(NS(=O)(=O)c2cnc(NN)nc2)cc1Cl. The van der Waals surface area contributed by atoms with Crippen LogP contribution in [0.2, 0.25) is 10.0 Å². The highest BCUT2D eigenvalue weighted by Gasteiger charge is 2.17. The molecule has 0 fully saturated rings. The van der Waals surface area contributed by atoms with Gasteiger partial charge in [-0.05, 0) is 24.6 Å². The highest BCUT2D eigenvalue weighted by atomic mass is 35.5. The second-order valence-corrected chi connectivity index (χ2v) is 6.57. The molecule has 1 heterocycles. The maximum absolute atomic E-state index is 12.2. The molecule has 2 aromatic rings. The molecule has 0 atom stereocenters. The molecule has 0 aliphatic heterocycles. The minimum Gasteiger partial charge on any atom is -0.292 e. The number of anilines is 2. The maximum atomic E-state index is 12.2. The summed E-state index contributed by atoms with van der Waals surface area (Å²) in [5.41, 5.74) is 3.12. The number of sulfonamides is 1. The fourth-order valence-electron chi connectivity index (χ4n) is 1.46. The third kappa shape index (κ3) is 3.53. The smallest absolute Gasteiger partial charge is 0.265 e. The number of hydrogen-bond acceptors (Lipinski definition) is 6. The fourth-order valence-corrected chi connectivity index (χ4v) is 2.90. The van der Waals surface area contributed by atoms with Crippen LogP contribution in [-0.2, 0) is 10.0 Å². The van der Waals surface area contributed by atoms with E-state index >= 15 is 0 Å². The summed E-state index contributed by atoms with van der Waals surface area (Å²) in [5, 5.41) is 0.637. The minimum atomic E-state index is -3.88. The Kier molecular flexibility index (Phi) is 4.52. The molecule has 10 heteroatoms. The van der Waals surface area contributed by atoms with Crippen LogP contribution in [0.1, 0.15) is 5.56 Å². The summed E-state index contributed by atoms with van der Waals surface area (Å²) in [4.78, 5) is 7.34. The maximum Gasteiger partial charge on any atom is 0.265 e. The van der Waals surface area contributed by atoms with Crippen molar-refractivity contribution in [1.82, 2.24) is 9.97 Å². The largest absolute Gasteiger partial charge is 0.292 e. The normalized spacial score (nSPS) is 11.2. The summed E-state index contributed by atoms with van der Waals surface area (Å²) in [5.74, 6) is 5.21. The van der Waals surface area contributed by atoms with Gasteiger partial charge in [0.25, 0.3) is 10.0 Å². The summed E-state index contributed by atoms with van der Waals surface area (Å²) >= 11 is 12.0. The van der Waals surface area contributed by atoms with Gasteiger partial charge in [-0.25, -0.2) is 24.2 Å². The lowest BCUT2D eigenvalue weighted by Crippen LogP contribution is -2.15. The molecule has 2 rings (SSSR count). The molecule has 1 aromatic heterocycles. The summed E-state index contributed by atoms with van der Waals surface area (Å²) in [7, 11) is -3.88. The zero-order chi connectivity index (χ0) is 15.6. The molecule has 21 heavy (non-hydrogen) atoms. The van der Waals surface area contributed by atoms with Gasteiger partial charge in [-0.3, -0.25) is 10.1 Å². The number of benzene rings is 1. The molecule has 0 saturated carbocycles. The van der Waals surface area contributed by atoms with Gasteiger partial charge < -0.3 is 0 Å². The molecule has 0 amide bonds. The third-order valence-corrected chi connectivity index (χ3v) is 4.60. The Morgan fingerprint density at radius 3 is 2.33 bits per heavy atom. The van der Waals surface area contributed by atoms with E-state index < -0.39 is 10.0 Å². The molecular formula is C11H11Cl2N5O2S. The molecule has 7 nitrogen and oxygen atoms in total. The molecule has 0 bridgehead atoms. The monoisotopic (exact) mass is 347 g/mol. The van der Waals surface area contributed by atoms with E-state index in [0.29, 0.717) is 5.02 Å². The summed E-state index contributed by atoms with van der Waals surface area (Å²) in [6.07, 6.45) is 2.24. The van der Waals surface area contributed by atoms with Crippen LogP contribution in [-0.4, -0.2) is 18.4 Å².